The summed E-state index contributed by atoms with van der Waals surface area (Å²) in [6.07, 6.45) is 0. The zero-order valence-electron chi connectivity index (χ0n) is 26.4. The Morgan fingerprint density at radius 1 is 0.528 bits per heavy atom. The van der Waals surface area contributed by atoms with Crippen LogP contribution in [-0.4, -0.2) is 57.4 Å². The maximum atomic E-state index is 15.1. The number of sulfone groups is 1. The highest BCUT2D eigenvalue weighted by atomic mass is 32.2. The lowest BCUT2D eigenvalue weighted by Crippen LogP contribution is -2.71. The van der Waals surface area contributed by atoms with Crippen LogP contribution >= 0.6 is 0 Å². The minimum atomic E-state index is -8.30. The van der Waals surface area contributed by atoms with E-state index < -0.39 is 75.7 Å². The van der Waals surface area contributed by atoms with Crippen molar-refractivity contribution in [2.45, 2.75) is 51.6 Å². The Balaban J connectivity index is 1.63. The van der Waals surface area contributed by atoms with Gasteiger partial charge in [-0.15, -0.1) is 0 Å². The van der Waals surface area contributed by atoms with E-state index in [-0.39, 0.29) is 17.6 Å². The second-order valence-corrected chi connectivity index (χ2v) is 14.6. The van der Waals surface area contributed by atoms with E-state index in [0.717, 1.165) is 35.4 Å². The Hall–Kier alpha value is -4.50. The van der Waals surface area contributed by atoms with Gasteiger partial charge in [-0.05, 0) is 84.3 Å². The third kappa shape index (κ3) is 6.77. The molecule has 0 aliphatic carbocycles. The fourth-order valence-corrected chi connectivity index (χ4v) is 6.41. The lowest BCUT2D eigenvalue weighted by molar-refractivity contribution is -0.419. The molecule has 0 fully saturated rings. The standard InChI is InChI=1S/C32H22F12O7S2/c1-18-3-14-25(17-26(18)27(33,34)28(35,36)29(37,38)30(39,40)31(41,42)32(43,44)53(47,48)49)52(45,46)24-15-12-23(13-16-24)51-22-10-6-20(7-11-22)19-4-8-21(50-2)9-5-19/h3-17H,1-2H3,(H,47,48,49). The van der Waals surface area contributed by atoms with E-state index in [9.17, 15) is 60.7 Å². The first kappa shape index (κ1) is 41.3. The third-order valence-electron chi connectivity index (χ3n) is 7.77. The number of halogens is 12. The molecule has 0 unspecified atom stereocenters. The summed E-state index contributed by atoms with van der Waals surface area (Å²) < 4.78 is 238. The molecule has 0 heterocycles. The normalized spacial score (nSPS) is 13.9. The van der Waals surface area contributed by atoms with Gasteiger partial charge in [0.2, 0.25) is 9.84 Å². The van der Waals surface area contributed by atoms with Crippen molar-refractivity contribution in [3.63, 3.8) is 0 Å². The zero-order chi connectivity index (χ0) is 40.2. The molecule has 0 saturated heterocycles. The molecule has 1 N–H and O–H groups in total. The van der Waals surface area contributed by atoms with E-state index in [1.54, 1.807) is 48.5 Å². The second kappa shape index (κ2) is 13.4. The predicted molar refractivity (Wildman–Crippen MR) is 162 cm³/mol. The van der Waals surface area contributed by atoms with Gasteiger partial charge in [0.25, 0.3) is 0 Å². The van der Waals surface area contributed by atoms with Gasteiger partial charge in [0.15, 0.2) is 0 Å². The quantitative estimate of drug-likeness (QED) is 0.106. The van der Waals surface area contributed by atoms with Crippen LogP contribution in [0.3, 0.4) is 0 Å². The zero-order valence-corrected chi connectivity index (χ0v) is 28.0. The SMILES string of the molecule is COc1ccc(-c2ccc(Oc3ccc(S(=O)(=O)c4ccc(C)c(C(F)(F)C(F)(F)C(F)(F)C(F)(F)C(F)(F)C(F)(F)S(=O)(=O)O)c4)cc3)cc2)cc1. The van der Waals surface area contributed by atoms with Gasteiger partial charge >= 0.3 is 45.0 Å². The number of methoxy groups -OCH3 is 1. The Morgan fingerprint density at radius 2 is 0.925 bits per heavy atom. The number of hydrogen-bond acceptors (Lipinski definition) is 6. The molecule has 0 bridgehead atoms. The number of rotatable bonds is 13. The van der Waals surface area contributed by atoms with Crippen LogP contribution in [0, 0.1) is 6.92 Å². The van der Waals surface area contributed by atoms with Crippen molar-refractivity contribution >= 4 is 20.0 Å². The maximum absolute atomic E-state index is 15.1. The Bertz CT molecular complexity index is 2190. The highest BCUT2D eigenvalue weighted by molar-refractivity contribution is 7.91. The van der Waals surface area contributed by atoms with E-state index in [1.165, 1.54) is 7.11 Å². The predicted octanol–water partition coefficient (Wildman–Crippen LogP) is 9.41. The van der Waals surface area contributed by atoms with Gasteiger partial charge in [-0.2, -0.15) is 61.1 Å². The Kier molecular flexibility index (Phi) is 10.4. The molecule has 4 aromatic rings. The van der Waals surface area contributed by atoms with E-state index in [4.69, 9.17) is 14.0 Å². The van der Waals surface area contributed by atoms with Crippen molar-refractivity contribution in [1.82, 2.24) is 0 Å². The van der Waals surface area contributed by atoms with E-state index in [2.05, 4.69) is 0 Å². The van der Waals surface area contributed by atoms with Crippen LogP contribution in [0.4, 0.5) is 52.7 Å². The fourth-order valence-electron chi connectivity index (χ4n) is 4.67. The van der Waals surface area contributed by atoms with Crippen LogP contribution in [-0.2, 0) is 25.9 Å². The lowest BCUT2D eigenvalue weighted by atomic mass is 9.89. The van der Waals surface area contributed by atoms with Gasteiger partial charge in [-0.1, -0.05) is 30.3 Å². The van der Waals surface area contributed by atoms with Crippen molar-refractivity contribution in [3.8, 4) is 28.4 Å². The molecule has 0 spiro atoms. The topological polar surface area (TPSA) is 107 Å². The summed E-state index contributed by atoms with van der Waals surface area (Å²) in [4.78, 5) is -2.05. The Labute approximate surface area is 292 Å². The van der Waals surface area contributed by atoms with E-state index in [1.807, 2.05) is 0 Å². The van der Waals surface area contributed by atoms with E-state index in [0.29, 0.717) is 24.8 Å². The van der Waals surface area contributed by atoms with Crippen molar-refractivity contribution in [3.05, 3.63) is 102 Å². The van der Waals surface area contributed by atoms with Crippen LogP contribution < -0.4 is 9.47 Å². The minimum Gasteiger partial charge on any atom is -0.497 e. The summed E-state index contributed by atoms with van der Waals surface area (Å²) in [7, 11) is -11.3. The first-order valence-corrected chi connectivity index (χ1v) is 17.1. The highest BCUT2D eigenvalue weighted by Gasteiger charge is 2.92. The first-order valence-electron chi connectivity index (χ1n) is 14.2. The lowest BCUT2D eigenvalue weighted by Gasteiger charge is -2.40. The van der Waals surface area contributed by atoms with Crippen LogP contribution in [0.2, 0.25) is 0 Å². The van der Waals surface area contributed by atoms with Crippen molar-refractivity contribution in [2.75, 3.05) is 7.11 Å². The first-order chi connectivity index (χ1) is 24.1. The van der Waals surface area contributed by atoms with Crippen LogP contribution in [0.15, 0.2) is 101 Å². The number of hydrogen-bond donors (Lipinski definition) is 1. The van der Waals surface area contributed by atoms with Gasteiger partial charge in [-0.3, -0.25) is 4.55 Å². The Morgan fingerprint density at radius 3 is 1.36 bits per heavy atom. The van der Waals surface area contributed by atoms with E-state index >= 15 is 8.78 Å². The molecule has 21 heteroatoms. The largest absolute Gasteiger partial charge is 0.497 e. The van der Waals surface area contributed by atoms with Crippen molar-refractivity contribution in [2.24, 2.45) is 0 Å². The monoisotopic (exact) mass is 810 g/mol. The maximum Gasteiger partial charge on any atom is 0.438 e. The van der Waals surface area contributed by atoms with Crippen LogP contribution in [0.5, 0.6) is 17.2 Å². The highest BCUT2D eigenvalue weighted by Crippen LogP contribution is 2.62. The molecule has 288 valence electrons. The minimum absolute atomic E-state index is 0.0245. The van der Waals surface area contributed by atoms with Crippen molar-refractivity contribution < 1.29 is 83.5 Å². The number of benzene rings is 4. The number of alkyl halides is 12. The smallest absolute Gasteiger partial charge is 0.438 e. The summed E-state index contributed by atoms with van der Waals surface area (Å²) in [6.45, 7) is 0.475. The van der Waals surface area contributed by atoms with Crippen LogP contribution in [0.1, 0.15) is 11.1 Å². The fraction of sp³-hybridized carbons (Fsp3) is 0.250. The van der Waals surface area contributed by atoms with Gasteiger partial charge in [0, 0.05) is 5.56 Å². The summed E-state index contributed by atoms with van der Waals surface area (Å²) in [5.41, 5.74) is -2.01. The molecule has 4 aromatic carbocycles. The molecule has 0 saturated carbocycles. The summed E-state index contributed by atoms with van der Waals surface area (Å²) in [5.74, 6) is -38.2. The second-order valence-electron chi connectivity index (χ2n) is 11.2. The molecular formula is C32H22F12O7S2. The molecule has 0 atom stereocenters. The molecule has 53 heavy (non-hydrogen) atoms. The van der Waals surface area contributed by atoms with Gasteiger partial charge < -0.3 is 9.47 Å². The average molecular weight is 811 g/mol. The average Bonchev–Trinajstić information content (AvgIpc) is 3.08. The van der Waals surface area contributed by atoms with Crippen LogP contribution in [0.25, 0.3) is 11.1 Å². The molecule has 0 aliphatic heterocycles. The van der Waals surface area contributed by atoms with Gasteiger partial charge in [0.05, 0.1) is 16.9 Å². The number of aryl methyl sites for hydroxylation is 1. The van der Waals surface area contributed by atoms with Crippen molar-refractivity contribution in [1.29, 1.82) is 0 Å². The molecule has 7 nitrogen and oxygen atoms in total. The van der Waals surface area contributed by atoms with Gasteiger partial charge in [-0.25, -0.2) is 8.42 Å². The molecule has 0 amide bonds. The molecule has 0 aromatic heterocycles. The molecule has 4 rings (SSSR count). The summed E-state index contributed by atoms with van der Waals surface area (Å²) >= 11 is 0. The molecular weight excluding hydrogens is 788 g/mol. The third-order valence-corrected chi connectivity index (χ3v) is 10.4. The molecule has 0 aliphatic rings. The summed E-state index contributed by atoms with van der Waals surface area (Å²) in [5, 5.41) is -7.59. The number of ether oxygens (including phenoxy) is 2. The summed E-state index contributed by atoms with van der Waals surface area (Å²) in [6, 6.07) is 18.0. The molecule has 0 radical (unpaired) electrons. The van der Waals surface area contributed by atoms with Gasteiger partial charge in [0.1, 0.15) is 17.2 Å².